The fraction of sp³-hybridized carbons (Fsp3) is 0.400. The van der Waals surface area contributed by atoms with E-state index >= 15 is 0 Å². The number of carbonyl (C=O) groups is 2. The second-order valence-electron chi connectivity index (χ2n) is 8.02. The van der Waals surface area contributed by atoms with Gasteiger partial charge in [0, 0.05) is 12.7 Å². The molecule has 152 valence electrons. The summed E-state index contributed by atoms with van der Waals surface area (Å²) in [5.74, 6) is -0.806. The maximum absolute atomic E-state index is 12.6. The average Bonchev–Trinajstić information content (AvgIpc) is 2.89. The number of rotatable bonds is 4. The lowest BCUT2D eigenvalue weighted by atomic mass is 9.76. The van der Waals surface area contributed by atoms with Crippen molar-refractivity contribution in [1.82, 2.24) is 15.5 Å². The molecule has 0 bridgehead atoms. The number of hydrogen-bond donors (Lipinski definition) is 2. The van der Waals surface area contributed by atoms with E-state index in [9.17, 15) is 9.59 Å². The van der Waals surface area contributed by atoms with Crippen molar-refractivity contribution in [2.75, 3.05) is 12.4 Å². The lowest BCUT2D eigenvalue weighted by molar-refractivity contribution is 0.00578. The van der Waals surface area contributed by atoms with Crippen molar-refractivity contribution in [3.05, 3.63) is 47.3 Å². The van der Waals surface area contributed by atoms with E-state index in [4.69, 9.17) is 9.31 Å². The van der Waals surface area contributed by atoms with E-state index in [0.29, 0.717) is 5.69 Å². The predicted octanol–water partition coefficient (Wildman–Crippen LogP) is 1.70. The molecular formula is C20H25BN4O4. The molecule has 29 heavy (non-hydrogen) atoms. The lowest BCUT2D eigenvalue weighted by Gasteiger charge is -2.32. The maximum atomic E-state index is 12.6. The van der Waals surface area contributed by atoms with Crippen molar-refractivity contribution in [3.63, 3.8) is 0 Å². The van der Waals surface area contributed by atoms with Crippen molar-refractivity contribution in [1.29, 1.82) is 0 Å². The summed E-state index contributed by atoms with van der Waals surface area (Å²) in [6, 6.07) is 6.90. The summed E-state index contributed by atoms with van der Waals surface area (Å²) < 4.78 is 12.3. The first kappa shape index (κ1) is 20.9. The molecule has 1 aromatic carbocycles. The molecule has 1 saturated heterocycles. The van der Waals surface area contributed by atoms with Crippen LogP contribution in [0, 0.1) is 6.92 Å². The molecule has 0 spiro atoms. The molecule has 2 aromatic rings. The van der Waals surface area contributed by atoms with Gasteiger partial charge in [-0.05, 0) is 58.3 Å². The van der Waals surface area contributed by atoms with Gasteiger partial charge in [-0.15, -0.1) is 5.10 Å². The molecule has 0 aliphatic carbocycles. The highest BCUT2D eigenvalue weighted by atomic mass is 16.7. The number of amides is 2. The van der Waals surface area contributed by atoms with Crippen LogP contribution < -0.4 is 16.1 Å². The molecule has 2 amide bonds. The summed E-state index contributed by atoms with van der Waals surface area (Å²) in [5.41, 5.74) is 1.78. The van der Waals surface area contributed by atoms with Gasteiger partial charge in [0.15, 0.2) is 5.69 Å². The van der Waals surface area contributed by atoms with Crippen LogP contribution in [0.5, 0.6) is 0 Å². The molecule has 9 heteroatoms. The van der Waals surface area contributed by atoms with Crippen LogP contribution in [0.4, 0.5) is 5.69 Å². The maximum Gasteiger partial charge on any atom is 0.495 e. The van der Waals surface area contributed by atoms with Gasteiger partial charge in [-0.2, -0.15) is 5.10 Å². The van der Waals surface area contributed by atoms with Gasteiger partial charge in [-0.3, -0.25) is 9.59 Å². The van der Waals surface area contributed by atoms with Crippen molar-refractivity contribution >= 4 is 30.1 Å². The first-order chi connectivity index (χ1) is 13.5. The van der Waals surface area contributed by atoms with Gasteiger partial charge in [-0.1, -0.05) is 11.6 Å². The van der Waals surface area contributed by atoms with Crippen molar-refractivity contribution in [2.45, 2.75) is 45.8 Å². The standard InChI is InChI=1S/C20H25BN4O4/c1-12-7-8-14(10-15(12)21-28-19(2,3)20(4,5)29-21)24-18(27)16-9-13(11-23-25-16)17(26)22-6/h7-11H,1-6H3,(H,22,26)(H,24,27). The van der Waals surface area contributed by atoms with Crippen LogP contribution in [0.1, 0.15) is 54.1 Å². The first-order valence-electron chi connectivity index (χ1n) is 9.36. The molecule has 1 fully saturated rings. The SMILES string of the molecule is CNC(=O)c1cnnc(C(=O)Nc2ccc(C)c(B3OC(C)(C)C(C)(C)O3)c2)c1. The Morgan fingerprint density at radius 1 is 1.03 bits per heavy atom. The Morgan fingerprint density at radius 3 is 2.31 bits per heavy atom. The van der Waals surface area contributed by atoms with Crippen LogP contribution in [0.2, 0.25) is 0 Å². The highest BCUT2D eigenvalue weighted by molar-refractivity contribution is 6.62. The Kier molecular flexibility index (Phi) is 5.47. The molecule has 0 radical (unpaired) electrons. The number of hydrogen-bond acceptors (Lipinski definition) is 6. The second kappa shape index (κ2) is 7.57. The van der Waals surface area contributed by atoms with Crippen LogP contribution >= 0.6 is 0 Å². The number of nitrogens with one attached hydrogen (secondary N) is 2. The van der Waals surface area contributed by atoms with Gasteiger partial charge in [0.2, 0.25) is 0 Å². The summed E-state index contributed by atoms with van der Waals surface area (Å²) in [4.78, 5) is 24.3. The zero-order chi connectivity index (χ0) is 21.4. The molecule has 1 aromatic heterocycles. The Morgan fingerprint density at radius 2 is 1.69 bits per heavy atom. The van der Waals surface area contributed by atoms with E-state index in [1.165, 1.54) is 19.3 Å². The van der Waals surface area contributed by atoms with Crippen molar-refractivity contribution in [3.8, 4) is 0 Å². The minimum atomic E-state index is -0.534. The van der Waals surface area contributed by atoms with Gasteiger partial charge in [0.25, 0.3) is 11.8 Å². The Balaban J connectivity index is 1.82. The third kappa shape index (κ3) is 4.15. The fourth-order valence-corrected chi connectivity index (χ4v) is 2.88. The van der Waals surface area contributed by atoms with E-state index in [-0.39, 0.29) is 17.2 Å². The molecule has 2 heterocycles. The fourth-order valence-electron chi connectivity index (χ4n) is 2.88. The number of benzene rings is 1. The van der Waals surface area contributed by atoms with E-state index in [2.05, 4.69) is 20.8 Å². The largest absolute Gasteiger partial charge is 0.495 e. The van der Waals surface area contributed by atoms with Crippen LogP contribution in [-0.4, -0.2) is 47.4 Å². The highest BCUT2D eigenvalue weighted by Gasteiger charge is 2.52. The van der Waals surface area contributed by atoms with Gasteiger partial charge in [-0.25, -0.2) is 0 Å². The molecule has 3 rings (SSSR count). The highest BCUT2D eigenvalue weighted by Crippen LogP contribution is 2.36. The molecule has 2 N–H and O–H groups in total. The monoisotopic (exact) mass is 396 g/mol. The third-order valence-corrected chi connectivity index (χ3v) is 5.42. The summed E-state index contributed by atoms with van der Waals surface area (Å²) in [7, 11) is 0.972. The number of carbonyl (C=O) groups excluding carboxylic acids is 2. The minimum absolute atomic E-state index is 0.0452. The summed E-state index contributed by atoms with van der Waals surface area (Å²) >= 11 is 0. The Labute approximate surface area is 170 Å². The van der Waals surface area contributed by atoms with Gasteiger partial charge < -0.3 is 19.9 Å². The number of aromatic nitrogens is 2. The van der Waals surface area contributed by atoms with Crippen LogP contribution in [0.3, 0.4) is 0 Å². The van der Waals surface area contributed by atoms with Crippen LogP contribution in [-0.2, 0) is 9.31 Å². The topological polar surface area (TPSA) is 102 Å². The molecule has 8 nitrogen and oxygen atoms in total. The Bertz CT molecular complexity index is 945. The quantitative estimate of drug-likeness (QED) is 0.763. The molecule has 0 saturated carbocycles. The molecule has 1 aliphatic heterocycles. The molecule has 0 unspecified atom stereocenters. The van der Waals surface area contributed by atoms with E-state index in [1.807, 2.05) is 46.8 Å². The summed E-state index contributed by atoms with van der Waals surface area (Å²) in [6.07, 6.45) is 1.30. The lowest BCUT2D eigenvalue weighted by Crippen LogP contribution is -2.41. The normalized spacial score (nSPS) is 17.1. The number of nitrogens with zero attached hydrogens (tertiary/aromatic N) is 2. The summed E-state index contributed by atoms with van der Waals surface area (Å²) in [5, 5.41) is 12.8. The zero-order valence-electron chi connectivity index (χ0n) is 17.5. The average molecular weight is 396 g/mol. The first-order valence-corrected chi connectivity index (χ1v) is 9.36. The van der Waals surface area contributed by atoms with E-state index in [1.54, 1.807) is 6.07 Å². The molecule has 1 aliphatic rings. The van der Waals surface area contributed by atoms with E-state index in [0.717, 1.165) is 11.0 Å². The van der Waals surface area contributed by atoms with E-state index < -0.39 is 24.2 Å². The number of aryl methyl sites for hydroxylation is 1. The minimum Gasteiger partial charge on any atom is -0.399 e. The summed E-state index contributed by atoms with van der Waals surface area (Å²) in [6.45, 7) is 9.93. The van der Waals surface area contributed by atoms with Gasteiger partial charge in [0.05, 0.1) is 23.0 Å². The van der Waals surface area contributed by atoms with Crippen LogP contribution in [0.15, 0.2) is 30.5 Å². The van der Waals surface area contributed by atoms with Crippen molar-refractivity contribution in [2.24, 2.45) is 0 Å². The molecular weight excluding hydrogens is 371 g/mol. The third-order valence-electron chi connectivity index (χ3n) is 5.42. The zero-order valence-corrected chi connectivity index (χ0v) is 17.5. The predicted molar refractivity (Wildman–Crippen MR) is 110 cm³/mol. The second-order valence-corrected chi connectivity index (χ2v) is 8.02. The molecule has 0 atom stereocenters. The van der Waals surface area contributed by atoms with Gasteiger partial charge >= 0.3 is 7.12 Å². The number of anilines is 1. The smallest absolute Gasteiger partial charge is 0.399 e. The van der Waals surface area contributed by atoms with Crippen LogP contribution in [0.25, 0.3) is 0 Å². The Hall–Kier alpha value is -2.78. The van der Waals surface area contributed by atoms with Gasteiger partial charge in [0.1, 0.15) is 0 Å². The van der Waals surface area contributed by atoms with Crippen molar-refractivity contribution < 1.29 is 18.9 Å².